The van der Waals surface area contributed by atoms with E-state index in [-0.39, 0.29) is 5.91 Å². The van der Waals surface area contributed by atoms with Gasteiger partial charge in [-0.05, 0) is 27.3 Å². The molecule has 5 heteroatoms. The van der Waals surface area contributed by atoms with Crippen molar-refractivity contribution < 1.29 is 4.79 Å². The minimum atomic E-state index is -0.626. The zero-order valence-electron chi connectivity index (χ0n) is 12.2. The van der Waals surface area contributed by atoms with E-state index in [2.05, 4.69) is 29.0 Å². The molecule has 0 saturated carbocycles. The highest BCUT2D eigenvalue weighted by Crippen LogP contribution is 2.12. The largest absolute Gasteiger partial charge is 0.368 e. The molecule has 1 amide bonds. The van der Waals surface area contributed by atoms with Gasteiger partial charge < -0.3 is 11.1 Å². The summed E-state index contributed by atoms with van der Waals surface area (Å²) in [6.07, 6.45) is 1.19. The van der Waals surface area contributed by atoms with E-state index in [1.807, 2.05) is 6.92 Å². The lowest BCUT2D eigenvalue weighted by Crippen LogP contribution is -2.61. The predicted molar refractivity (Wildman–Crippen MR) is 74.4 cm³/mol. The summed E-state index contributed by atoms with van der Waals surface area (Å²) in [5, 5.41) is 3.04. The first-order valence-electron chi connectivity index (χ1n) is 6.88. The van der Waals surface area contributed by atoms with Gasteiger partial charge in [-0.15, -0.1) is 0 Å². The van der Waals surface area contributed by atoms with Crippen LogP contribution in [-0.4, -0.2) is 67.1 Å². The predicted octanol–water partition coefficient (Wildman–Crippen LogP) is -0.134. The summed E-state index contributed by atoms with van der Waals surface area (Å²) in [4.78, 5) is 16.3. The molecule has 0 radical (unpaired) electrons. The summed E-state index contributed by atoms with van der Waals surface area (Å²) in [5.41, 5.74) is 4.83. The van der Waals surface area contributed by atoms with E-state index in [1.165, 1.54) is 6.42 Å². The second kappa shape index (κ2) is 6.50. The number of nitrogens with one attached hydrogen (secondary N) is 1. The first-order valence-corrected chi connectivity index (χ1v) is 6.88. The summed E-state index contributed by atoms with van der Waals surface area (Å²) >= 11 is 0. The second-order valence-electron chi connectivity index (χ2n) is 5.52. The fraction of sp³-hybridized carbons (Fsp3) is 0.923. The summed E-state index contributed by atoms with van der Waals surface area (Å²) in [7, 11) is 1.79. The van der Waals surface area contributed by atoms with Gasteiger partial charge in [-0.1, -0.05) is 6.92 Å². The molecule has 0 bridgehead atoms. The number of piperazine rings is 1. The number of carbonyl (C=O) groups is 1. The van der Waals surface area contributed by atoms with Crippen molar-refractivity contribution >= 4 is 5.91 Å². The van der Waals surface area contributed by atoms with E-state index < -0.39 is 5.54 Å². The van der Waals surface area contributed by atoms with Crippen molar-refractivity contribution in [1.82, 2.24) is 15.1 Å². The molecule has 2 atom stereocenters. The zero-order chi connectivity index (χ0) is 13.8. The molecule has 0 aromatic carbocycles. The Kier molecular flexibility index (Phi) is 5.56. The van der Waals surface area contributed by atoms with Crippen LogP contribution in [0.5, 0.6) is 0 Å². The van der Waals surface area contributed by atoms with Crippen LogP contribution in [0.25, 0.3) is 0 Å². The number of nitrogens with two attached hydrogens (primary N) is 1. The third-order valence-electron chi connectivity index (χ3n) is 4.26. The van der Waals surface area contributed by atoms with Gasteiger partial charge in [0.05, 0.1) is 0 Å². The van der Waals surface area contributed by atoms with Crippen LogP contribution in [0.2, 0.25) is 0 Å². The number of hydrogen-bond donors (Lipinski definition) is 2. The van der Waals surface area contributed by atoms with Crippen LogP contribution in [0.15, 0.2) is 0 Å². The van der Waals surface area contributed by atoms with Crippen molar-refractivity contribution in [2.45, 2.75) is 38.8 Å². The maximum absolute atomic E-state index is 11.5. The van der Waals surface area contributed by atoms with Crippen LogP contribution < -0.4 is 11.1 Å². The highest BCUT2D eigenvalue weighted by molar-refractivity contribution is 5.84. The molecular weight excluding hydrogens is 228 g/mol. The van der Waals surface area contributed by atoms with Crippen molar-refractivity contribution in [2.75, 3.05) is 39.8 Å². The van der Waals surface area contributed by atoms with Gasteiger partial charge in [-0.25, -0.2) is 0 Å². The number of likely N-dealkylation sites (N-methyl/N-ethyl adjacent to an activating group) is 1. The van der Waals surface area contributed by atoms with E-state index in [0.29, 0.717) is 12.6 Å². The van der Waals surface area contributed by atoms with Crippen molar-refractivity contribution in [1.29, 1.82) is 0 Å². The van der Waals surface area contributed by atoms with Crippen LogP contribution in [0.1, 0.15) is 27.2 Å². The molecule has 5 nitrogen and oxygen atoms in total. The average molecular weight is 256 g/mol. The zero-order valence-corrected chi connectivity index (χ0v) is 12.2. The van der Waals surface area contributed by atoms with Gasteiger partial charge in [0.1, 0.15) is 5.54 Å². The van der Waals surface area contributed by atoms with E-state index in [0.717, 1.165) is 26.2 Å². The molecule has 106 valence electrons. The molecule has 3 N–H and O–H groups in total. The first kappa shape index (κ1) is 15.4. The Balaban J connectivity index is 2.46. The van der Waals surface area contributed by atoms with Crippen LogP contribution >= 0.6 is 0 Å². The monoisotopic (exact) mass is 256 g/mol. The minimum absolute atomic E-state index is 0.283. The molecule has 0 aliphatic carbocycles. The van der Waals surface area contributed by atoms with Gasteiger partial charge in [0.2, 0.25) is 5.91 Å². The van der Waals surface area contributed by atoms with Gasteiger partial charge in [0.25, 0.3) is 0 Å². The van der Waals surface area contributed by atoms with Crippen molar-refractivity contribution in [3.05, 3.63) is 0 Å². The maximum atomic E-state index is 11.5. The van der Waals surface area contributed by atoms with Crippen molar-refractivity contribution in [3.8, 4) is 0 Å². The number of hydrogen-bond acceptors (Lipinski definition) is 4. The lowest BCUT2D eigenvalue weighted by Gasteiger charge is -2.40. The molecule has 1 aliphatic heterocycles. The normalized spacial score (nSPS) is 23.6. The highest BCUT2D eigenvalue weighted by atomic mass is 16.1. The summed E-state index contributed by atoms with van der Waals surface area (Å²) < 4.78 is 0. The molecular formula is C13H28N4O. The van der Waals surface area contributed by atoms with Crippen molar-refractivity contribution in [2.24, 2.45) is 5.73 Å². The fourth-order valence-corrected chi connectivity index (χ4v) is 2.35. The minimum Gasteiger partial charge on any atom is -0.368 e. The lowest BCUT2D eigenvalue weighted by atomic mass is 10.0. The van der Waals surface area contributed by atoms with E-state index >= 15 is 0 Å². The SMILES string of the molecule is CCC(C)N1CCN(CC(C)(NC)C(N)=O)CC1. The van der Waals surface area contributed by atoms with E-state index in [1.54, 1.807) is 7.05 Å². The summed E-state index contributed by atoms with van der Waals surface area (Å²) in [5.74, 6) is -0.283. The number of nitrogens with zero attached hydrogens (tertiary/aromatic N) is 2. The van der Waals surface area contributed by atoms with Crippen molar-refractivity contribution in [3.63, 3.8) is 0 Å². The van der Waals surface area contributed by atoms with Gasteiger partial charge in [-0.2, -0.15) is 0 Å². The van der Waals surface area contributed by atoms with Gasteiger partial charge >= 0.3 is 0 Å². The van der Waals surface area contributed by atoms with E-state index in [9.17, 15) is 4.79 Å². The molecule has 1 rings (SSSR count). The molecule has 0 aromatic rings. The number of primary amides is 1. The highest BCUT2D eigenvalue weighted by Gasteiger charge is 2.32. The molecule has 1 fully saturated rings. The standard InChI is InChI=1S/C13H28N4O/c1-5-11(2)17-8-6-16(7-9-17)10-13(3,15-4)12(14)18/h11,15H,5-10H2,1-4H3,(H2,14,18). The molecule has 2 unspecified atom stereocenters. The van der Waals surface area contributed by atoms with E-state index in [4.69, 9.17) is 5.73 Å². The molecule has 1 saturated heterocycles. The number of amides is 1. The third kappa shape index (κ3) is 3.67. The molecule has 0 aromatic heterocycles. The third-order valence-corrected chi connectivity index (χ3v) is 4.26. The van der Waals surface area contributed by atoms with Gasteiger partial charge in [-0.3, -0.25) is 14.6 Å². The molecule has 18 heavy (non-hydrogen) atoms. The average Bonchev–Trinajstić information content (AvgIpc) is 2.38. The molecule has 1 heterocycles. The van der Waals surface area contributed by atoms with Crippen LogP contribution in [0, 0.1) is 0 Å². The molecule has 1 aliphatic rings. The summed E-state index contributed by atoms with van der Waals surface area (Å²) in [6, 6.07) is 0.652. The second-order valence-corrected chi connectivity index (χ2v) is 5.52. The summed E-state index contributed by atoms with van der Waals surface area (Å²) in [6.45, 7) is 11.2. The van der Waals surface area contributed by atoms with Crippen LogP contribution in [0.3, 0.4) is 0 Å². The maximum Gasteiger partial charge on any atom is 0.238 e. The van der Waals surface area contributed by atoms with Crippen LogP contribution in [0.4, 0.5) is 0 Å². The fourth-order valence-electron chi connectivity index (χ4n) is 2.35. The lowest BCUT2D eigenvalue weighted by molar-refractivity contribution is -0.124. The molecule has 0 spiro atoms. The topological polar surface area (TPSA) is 61.6 Å². The smallest absolute Gasteiger partial charge is 0.238 e. The van der Waals surface area contributed by atoms with Gasteiger partial charge in [0, 0.05) is 38.8 Å². The first-order chi connectivity index (χ1) is 8.42. The number of rotatable bonds is 6. The Morgan fingerprint density at radius 2 is 1.94 bits per heavy atom. The quantitative estimate of drug-likeness (QED) is 0.695. The Hall–Kier alpha value is -0.650. The van der Waals surface area contributed by atoms with Crippen LogP contribution in [-0.2, 0) is 4.79 Å². The number of carbonyl (C=O) groups excluding carboxylic acids is 1. The Morgan fingerprint density at radius 1 is 1.39 bits per heavy atom. The Morgan fingerprint density at radius 3 is 2.33 bits per heavy atom. The Bertz CT molecular complexity index is 276. The van der Waals surface area contributed by atoms with Gasteiger partial charge in [0.15, 0.2) is 0 Å². The Labute approximate surface area is 111 Å².